The lowest BCUT2D eigenvalue weighted by atomic mass is 9.99. The minimum absolute atomic E-state index is 0.0164. The lowest BCUT2D eigenvalue weighted by molar-refractivity contribution is -0.122. The van der Waals surface area contributed by atoms with Gasteiger partial charge in [-0.05, 0) is 92.6 Å². The number of aryl methyl sites for hydroxylation is 2. The molecule has 0 radical (unpaired) electrons. The highest BCUT2D eigenvalue weighted by atomic mass is 35.5. The average Bonchev–Trinajstić information content (AvgIpc) is 3.12. The molecule has 0 spiro atoms. The zero-order chi connectivity index (χ0) is 35.4. The van der Waals surface area contributed by atoms with Gasteiger partial charge in [-0.1, -0.05) is 41.4 Å². The number of fused-ring (bicyclic) bond motifs is 2. The molecule has 0 unspecified atom stereocenters. The van der Waals surface area contributed by atoms with Crippen LogP contribution in [0, 0.1) is 6.92 Å². The number of carbonyl (C=O) groups is 3. The first-order valence-corrected chi connectivity index (χ1v) is 17.7. The Hall–Kier alpha value is -4.60. The van der Waals surface area contributed by atoms with Crippen LogP contribution in [0.25, 0.3) is 17.0 Å². The summed E-state index contributed by atoms with van der Waals surface area (Å²) in [4.78, 5) is 48.2. The number of ether oxygens (including phenoxy) is 1. The van der Waals surface area contributed by atoms with Gasteiger partial charge in [0.25, 0.3) is 0 Å². The third-order valence-electron chi connectivity index (χ3n) is 9.32. The minimum atomic E-state index is -0.409. The number of nitrogens with one attached hydrogen (secondary N) is 1. The van der Waals surface area contributed by atoms with Crippen LogP contribution in [0.2, 0.25) is 10.0 Å². The standard InChI is InChI=1S/C39H41Cl2N5O4/c1-25-21-34(45-18-5-4-6-19-45)29-10-7-11-35(39(29)43-25)50-24-30-31(40)14-16-33(38(30)41)44(3)37(49)23-42-36(48)17-13-27-12-15-32-28(22-27)9-8-20-46(32)26(2)47/h7,10-17,21-22H,4-6,8-9,18-20,23-24H2,1-3H3,(H,42,48)/b17-13+. The van der Waals surface area contributed by atoms with Crippen LogP contribution >= 0.6 is 23.2 Å². The van der Waals surface area contributed by atoms with Crippen molar-refractivity contribution in [2.45, 2.75) is 52.6 Å². The minimum Gasteiger partial charge on any atom is -0.487 e. The third kappa shape index (κ3) is 7.74. The quantitative estimate of drug-likeness (QED) is 0.181. The molecule has 0 saturated carbocycles. The molecule has 260 valence electrons. The number of amides is 3. The van der Waals surface area contributed by atoms with E-state index in [-0.39, 0.29) is 30.0 Å². The summed E-state index contributed by atoms with van der Waals surface area (Å²) in [6.07, 6.45) is 8.45. The van der Waals surface area contributed by atoms with Crippen molar-refractivity contribution in [3.8, 4) is 5.75 Å². The predicted octanol–water partition coefficient (Wildman–Crippen LogP) is 7.51. The number of aromatic nitrogens is 1. The first-order chi connectivity index (χ1) is 24.1. The number of rotatable bonds is 9. The van der Waals surface area contributed by atoms with Crippen molar-refractivity contribution in [3.63, 3.8) is 0 Å². The van der Waals surface area contributed by atoms with Gasteiger partial charge >= 0.3 is 0 Å². The van der Waals surface area contributed by atoms with Crippen LogP contribution in [0.3, 0.4) is 0 Å². The van der Waals surface area contributed by atoms with E-state index in [9.17, 15) is 14.4 Å². The van der Waals surface area contributed by atoms with Gasteiger partial charge in [0, 0.05) is 72.7 Å². The molecule has 3 amide bonds. The van der Waals surface area contributed by atoms with Gasteiger partial charge in [-0.15, -0.1) is 0 Å². The fourth-order valence-electron chi connectivity index (χ4n) is 6.66. The normalized spacial score (nSPS) is 14.5. The maximum absolute atomic E-state index is 13.2. The lowest BCUT2D eigenvalue weighted by Crippen LogP contribution is -2.37. The maximum atomic E-state index is 13.2. The molecule has 2 aliphatic rings. The predicted molar refractivity (Wildman–Crippen MR) is 202 cm³/mol. The van der Waals surface area contributed by atoms with E-state index >= 15 is 0 Å². The Morgan fingerprint density at radius 3 is 2.56 bits per heavy atom. The SMILES string of the molecule is CC(=O)N1CCCc2cc(/C=C/C(=O)NCC(=O)N(C)c3ccc(Cl)c(COc4cccc5c(N6CCCCC6)cc(C)nc45)c3Cl)ccc21. The smallest absolute Gasteiger partial charge is 0.246 e. The second-order valence-electron chi connectivity index (χ2n) is 12.8. The highest BCUT2D eigenvalue weighted by Gasteiger charge is 2.22. The van der Waals surface area contributed by atoms with Crippen molar-refractivity contribution >= 4 is 75.0 Å². The van der Waals surface area contributed by atoms with E-state index in [1.54, 1.807) is 37.1 Å². The molecule has 0 aliphatic carbocycles. The van der Waals surface area contributed by atoms with Gasteiger partial charge in [0.15, 0.2) is 0 Å². The van der Waals surface area contributed by atoms with Crippen molar-refractivity contribution in [1.82, 2.24) is 10.3 Å². The third-order valence-corrected chi connectivity index (χ3v) is 10.1. The van der Waals surface area contributed by atoms with Crippen molar-refractivity contribution < 1.29 is 19.1 Å². The van der Waals surface area contributed by atoms with Crippen molar-refractivity contribution in [1.29, 1.82) is 0 Å². The number of anilines is 3. The Bertz CT molecular complexity index is 1970. The molecule has 0 atom stereocenters. The van der Waals surface area contributed by atoms with Crippen LogP contribution in [0.1, 0.15) is 55.0 Å². The fraction of sp³-hybridized carbons (Fsp3) is 0.333. The number of hydrogen-bond donors (Lipinski definition) is 1. The lowest BCUT2D eigenvalue weighted by Gasteiger charge is -2.30. The summed E-state index contributed by atoms with van der Waals surface area (Å²) < 4.78 is 6.31. The zero-order valence-electron chi connectivity index (χ0n) is 28.6. The number of pyridine rings is 1. The van der Waals surface area contributed by atoms with E-state index < -0.39 is 5.91 Å². The second-order valence-corrected chi connectivity index (χ2v) is 13.6. The number of carbonyl (C=O) groups excluding carboxylic acids is 3. The molecular weight excluding hydrogens is 673 g/mol. The fourth-order valence-corrected chi connectivity index (χ4v) is 7.27. The van der Waals surface area contributed by atoms with E-state index in [0.717, 1.165) is 59.3 Å². The topological polar surface area (TPSA) is 95.1 Å². The van der Waals surface area contributed by atoms with Crippen LogP contribution in [0.15, 0.2) is 60.7 Å². The van der Waals surface area contributed by atoms with Gasteiger partial charge in [0.2, 0.25) is 17.7 Å². The number of nitrogens with zero attached hydrogens (tertiary/aromatic N) is 4. The van der Waals surface area contributed by atoms with Crippen LogP contribution in [-0.2, 0) is 27.4 Å². The van der Waals surface area contributed by atoms with Crippen LogP contribution < -0.4 is 24.8 Å². The van der Waals surface area contributed by atoms with E-state index in [0.29, 0.717) is 28.6 Å². The molecule has 1 aromatic heterocycles. The molecule has 50 heavy (non-hydrogen) atoms. The van der Waals surface area contributed by atoms with Crippen molar-refractivity contribution in [2.75, 3.05) is 47.9 Å². The van der Waals surface area contributed by atoms with Crippen molar-refractivity contribution in [3.05, 3.63) is 93.1 Å². The summed E-state index contributed by atoms with van der Waals surface area (Å²) in [5.74, 6) is -0.133. The van der Waals surface area contributed by atoms with Gasteiger partial charge in [-0.2, -0.15) is 0 Å². The van der Waals surface area contributed by atoms with E-state index in [1.807, 2.05) is 37.3 Å². The number of benzene rings is 3. The Morgan fingerprint density at radius 1 is 0.980 bits per heavy atom. The number of piperidine rings is 1. The monoisotopic (exact) mass is 713 g/mol. The molecule has 4 aromatic rings. The molecule has 11 heteroatoms. The van der Waals surface area contributed by atoms with E-state index in [4.69, 9.17) is 32.9 Å². The molecule has 3 heterocycles. The summed E-state index contributed by atoms with van der Waals surface area (Å²) in [7, 11) is 1.60. The van der Waals surface area contributed by atoms with Gasteiger partial charge in [-0.3, -0.25) is 14.4 Å². The number of para-hydroxylation sites is 1. The molecule has 9 nitrogen and oxygen atoms in total. The second kappa shape index (κ2) is 15.5. The van der Waals surface area contributed by atoms with Gasteiger partial charge in [0.1, 0.15) is 17.9 Å². The Balaban J connectivity index is 1.10. The molecule has 3 aromatic carbocycles. The average molecular weight is 715 g/mol. The molecule has 2 aliphatic heterocycles. The summed E-state index contributed by atoms with van der Waals surface area (Å²) >= 11 is 13.4. The molecule has 1 fully saturated rings. The van der Waals surface area contributed by atoms with E-state index in [1.165, 1.54) is 35.9 Å². The molecule has 0 bridgehead atoms. The Labute approximate surface area is 302 Å². The maximum Gasteiger partial charge on any atom is 0.246 e. The molecular formula is C39H41Cl2N5O4. The first-order valence-electron chi connectivity index (χ1n) is 17.0. The summed E-state index contributed by atoms with van der Waals surface area (Å²) in [5, 5.41) is 4.39. The van der Waals surface area contributed by atoms with Crippen molar-refractivity contribution in [2.24, 2.45) is 0 Å². The number of halogens is 2. The summed E-state index contributed by atoms with van der Waals surface area (Å²) in [5.41, 5.74) is 6.66. The highest BCUT2D eigenvalue weighted by Crippen LogP contribution is 2.37. The molecule has 1 saturated heterocycles. The highest BCUT2D eigenvalue weighted by molar-refractivity contribution is 6.38. The Kier molecular flexibility index (Phi) is 10.9. The number of likely N-dealkylation sites (N-methyl/N-ethyl adjacent to an activating group) is 1. The van der Waals surface area contributed by atoms with E-state index in [2.05, 4.69) is 22.3 Å². The zero-order valence-corrected chi connectivity index (χ0v) is 30.1. The van der Waals surface area contributed by atoms with Gasteiger partial charge < -0.3 is 24.8 Å². The van der Waals surface area contributed by atoms with Crippen LogP contribution in [0.4, 0.5) is 17.1 Å². The van der Waals surface area contributed by atoms with Crippen LogP contribution in [-0.4, -0.2) is 55.9 Å². The summed E-state index contributed by atoms with van der Waals surface area (Å²) in [6.45, 7) is 6.14. The number of hydrogen-bond acceptors (Lipinski definition) is 6. The first kappa shape index (κ1) is 35.2. The van der Waals surface area contributed by atoms with Gasteiger partial charge in [0.05, 0.1) is 17.3 Å². The largest absolute Gasteiger partial charge is 0.487 e. The molecule has 6 rings (SSSR count). The summed E-state index contributed by atoms with van der Waals surface area (Å²) in [6, 6.07) is 17.2. The van der Waals surface area contributed by atoms with Crippen LogP contribution in [0.5, 0.6) is 5.75 Å². The van der Waals surface area contributed by atoms with Gasteiger partial charge in [-0.25, -0.2) is 4.98 Å². The molecule has 1 N–H and O–H groups in total. The Morgan fingerprint density at radius 2 is 1.78 bits per heavy atom.